The van der Waals surface area contributed by atoms with Crippen molar-refractivity contribution in [2.45, 2.75) is 43.5 Å². The van der Waals surface area contributed by atoms with E-state index in [9.17, 15) is 28.5 Å². The van der Waals surface area contributed by atoms with Crippen LogP contribution in [0.3, 0.4) is 0 Å². The zero-order chi connectivity index (χ0) is 21.8. The Kier molecular flexibility index (Phi) is 4.93. The lowest BCUT2D eigenvalue weighted by Crippen LogP contribution is -2.47. The van der Waals surface area contributed by atoms with Gasteiger partial charge in [-0.25, -0.2) is 23.1 Å². The van der Waals surface area contributed by atoms with Crippen molar-refractivity contribution in [2.75, 3.05) is 5.73 Å². The van der Waals surface area contributed by atoms with E-state index >= 15 is 0 Å². The second kappa shape index (κ2) is 7.20. The number of hydrogen-bond acceptors (Lipinski definition) is 7. The molecule has 8 nitrogen and oxygen atoms in total. The van der Waals surface area contributed by atoms with Crippen molar-refractivity contribution in [3.63, 3.8) is 0 Å². The minimum atomic E-state index is -2.95. The van der Waals surface area contributed by atoms with Gasteiger partial charge in [-0.1, -0.05) is 0 Å². The van der Waals surface area contributed by atoms with E-state index in [2.05, 4.69) is 9.97 Å². The molecule has 30 heavy (non-hydrogen) atoms. The summed E-state index contributed by atoms with van der Waals surface area (Å²) in [4.78, 5) is 7.98. The molecule has 1 aliphatic rings. The average molecular weight is 424 g/mol. The van der Waals surface area contributed by atoms with Crippen molar-refractivity contribution in [3.8, 4) is 0 Å². The number of aromatic nitrogens is 3. The first-order valence-corrected chi connectivity index (χ1v) is 9.00. The molecule has 11 heteroatoms. The minimum Gasteiger partial charge on any atom is -0.386 e. The summed E-state index contributed by atoms with van der Waals surface area (Å²) >= 11 is 0. The van der Waals surface area contributed by atoms with Crippen LogP contribution in [0.2, 0.25) is 0 Å². The number of fused-ring (bicyclic) bond motifs is 1. The molecule has 5 N–H and O–H groups in total. The van der Waals surface area contributed by atoms with Crippen LogP contribution in [0.25, 0.3) is 11.0 Å². The van der Waals surface area contributed by atoms with Gasteiger partial charge in [-0.2, -0.15) is 0 Å². The van der Waals surface area contributed by atoms with Gasteiger partial charge < -0.3 is 30.4 Å². The molecule has 0 unspecified atom stereocenters. The van der Waals surface area contributed by atoms with Crippen LogP contribution in [-0.2, 0) is 4.74 Å². The van der Waals surface area contributed by atoms with Gasteiger partial charge in [-0.3, -0.25) is 0 Å². The van der Waals surface area contributed by atoms with E-state index in [1.165, 1.54) is 24.0 Å². The molecule has 3 aromatic rings. The van der Waals surface area contributed by atoms with Gasteiger partial charge >= 0.3 is 0 Å². The van der Waals surface area contributed by atoms with Crippen LogP contribution in [0, 0.1) is 5.82 Å². The topological polar surface area (TPSA) is 127 Å². The molecule has 0 saturated carbocycles. The van der Waals surface area contributed by atoms with Gasteiger partial charge in [0.2, 0.25) is 0 Å². The van der Waals surface area contributed by atoms with Crippen molar-refractivity contribution < 1.29 is 33.2 Å². The lowest BCUT2D eigenvalue weighted by atomic mass is 9.88. The maximum atomic E-state index is 13.8. The van der Waals surface area contributed by atoms with Gasteiger partial charge in [0.05, 0.1) is 5.39 Å². The number of halogens is 3. The van der Waals surface area contributed by atoms with Crippen molar-refractivity contribution in [2.24, 2.45) is 0 Å². The molecule has 0 bridgehead atoms. The predicted octanol–water partition coefficient (Wildman–Crippen LogP) is 1.83. The molecule has 1 fully saturated rings. The number of hydrogen-bond donors (Lipinski definition) is 4. The number of anilines is 1. The van der Waals surface area contributed by atoms with Crippen LogP contribution in [0.1, 0.15) is 36.8 Å². The molecule has 1 aliphatic heterocycles. The summed E-state index contributed by atoms with van der Waals surface area (Å²) in [5, 5.41) is 32.8. The summed E-state index contributed by atoms with van der Waals surface area (Å²) in [5.74, 6) is -0.769. The fourth-order valence-electron chi connectivity index (χ4n) is 3.73. The van der Waals surface area contributed by atoms with Crippen LogP contribution < -0.4 is 5.73 Å². The Bertz CT molecular complexity index is 1090. The van der Waals surface area contributed by atoms with Gasteiger partial charge in [0, 0.05) is 11.8 Å². The van der Waals surface area contributed by atoms with Crippen LogP contribution in [0.15, 0.2) is 36.8 Å². The molecule has 5 atom stereocenters. The van der Waals surface area contributed by atoms with Gasteiger partial charge in [0.25, 0.3) is 6.43 Å². The van der Waals surface area contributed by atoms with E-state index in [1.807, 2.05) is 0 Å². The average Bonchev–Trinajstić information content (AvgIpc) is 3.21. The molecular weight excluding hydrogens is 405 g/mol. The van der Waals surface area contributed by atoms with Gasteiger partial charge in [-0.15, -0.1) is 0 Å². The number of aliphatic hydroxyl groups excluding tert-OH is 2. The summed E-state index contributed by atoms with van der Waals surface area (Å²) in [6.07, 6.45) is -6.09. The Morgan fingerprint density at radius 3 is 2.63 bits per heavy atom. The smallest absolute Gasteiger partial charge is 0.263 e. The van der Waals surface area contributed by atoms with Crippen molar-refractivity contribution >= 4 is 16.9 Å². The van der Waals surface area contributed by atoms with Gasteiger partial charge in [-0.05, 0) is 36.8 Å². The van der Waals surface area contributed by atoms with E-state index in [4.69, 9.17) is 10.5 Å². The maximum Gasteiger partial charge on any atom is 0.263 e. The van der Waals surface area contributed by atoms with Crippen LogP contribution in [0.4, 0.5) is 19.0 Å². The normalized spacial score (nSPS) is 27.8. The zero-order valence-electron chi connectivity index (χ0n) is 15.7. The largest absolute Gasteiger partial charge is 0.386 e. The first-order chi connectivity index (χ1) is 14.1. The van der Waals surface area contributed by atoms with Crippen LogP contribution in [0.5, 0.6) is 0 Å². The zero-order valence-corrected chi connectivity index (χ0v) is 15.7. The molecule has 0 aliphatic carbocycles. The van der Waals surface area contributed by atoms with E-state index < -0.39 is 47.9 Å². The molecule has 0 amide bonds. The molecule has 3 heterocycles. The summed E-state index contributed by atoms with van der Waals surface area (Å²) < 4.78 is 47.0. The molecule has 1 saturated heterocycles. The molecule has 0 radical (unpaired) electrons. The second-order valence-corrected chi connectivity index (χ2v) is 7.40. The predicted molar refractivity (Wildman–Crippen MR) is 98.8 cm³/mol. The Morgan fingerprint density at radius 2 is 1.93 bits per heavy atom. The lowest BCUT2D eigenvalue weighted by molar-refractivity contribution is -0.115. The molecular formula is C19H19F3N4O4. The Balaban J connectivity index is 1.71. The number of alkyl halides is 2. The first kappa shape index (κ1) is 20.5. The van der Waals surface area contributed by atoms with Crippen molar-refractivity contribution in [3.05, 3.63) is 53.7 Å². The molecule has 2 aromatic heterocycles. The van der Waals surface area contributed by atoms with E-state index in [1.54, 1.807) is 6.07 Å². The highest BCUT2D eigenvalue weighted by molar-refractivity contribution is 5.86. The maximum absolute atomic E-state index is 13.8. The van der Waals surface area contributed by atoms with E-state index in [-0.39, 0.29) is 11.4 Å². The Labute approximate surface area is 168 Å². The fraction of sp³-hybridized carbons (Fsp3) is 0.368. The molecule has 4 rings (SSSR count). The summed E-state index contributed by atoms with van der Waals surface area (Å²) in [5.41, 5.74) is 3.29. The van der Waals surface area contributed by atoms with Crippen molar-refractivity contribution in [1.29, 1.82) is 0 Å². The van der Waals surface area contributed by atoms with Crippen LogP contribution in [-0.4, -0.2) is 47.7 Å². The molecule has 0 spiro atoms. The summed E-state index contributed by atoms with van der Waals surface area (Å²) in [6, 6.07) is 4.05. The third kappa shape index (κ3) is 3.19. The quantitative estimate of drug-likeness (QED) is 0.503. The van der Waals surface area contributed by atoms with E-state index in [0.29, 0.717) is 17.1 Å². The second-order valence-electron chi connectivity index (χ2n) is 7.40. The monoisotopic (exact) mass is 424 g/mol. The first-order valence-electron chi connectivity index (χ1n) is 9.00. The minimum absolute atomic E-state index is 0.203. The fourth-order valence-corrected chi connectivity index (χ4v) is 3.73. The number of ether oxygens (including phenoxy) is 1. The Hall–Kier alpha value is -2.73. The number of benzene rings is 1. The summed E-state index contributed by atoms with van der Waals surface area (Å²) in [6.45, 7) is 1.23. The number of rotatable bonds is 4. The van der Waals surface area contributed by atoms with Gasteiger partial charge in [0.15, 0.2) is 6.23 Å². The number of nitrogens with zero attached hydrogens (tertiary/aromatic N) is 3. The molecule has 160 valence electrons. The third-order valence-corrected chi connectivity index (χ3v) is 5.37. The standard InChI is InChI=1S/C19H19F3N4O4/c1-19(29)13(28)18(26-3-2-11-16(23)24-7-25-17(11)26)30-14(19)12(27)8-4-9(15(21)22)6-10(20)5-8/h2-7,12-15,18,27-29H,1H3,(H2,23,24,25)/t12-,13+,14-,18-,19+/m1/s1. The molecule has 1 aromatic carbocycles. The summed E-state index contributed by atoms with van der Waals surface area (Å²) in [7, 11) is 0. The van der Waals surface area contributed by atoms with Gasteiger partial charge in [0.1, 0.15) is 47.5 Å². The lowest BCUT2D eigenvalue weighted by Gasteiger charge is -2.30. The highest BCUT2D eigenvalue weighted by atomic mass is 19.3. The SMILES string of the molecule is C[C@@]1(O)[C@@H]([C@H](O)c2cc(F)cc(C(F)F)c2)O[C@@H](n2ccc3c(N)ncnc32)[C@@H]1O. The highest BCUT2D eigenvalue weighted by Gasteiger charge is 2.56. The van der Waals surface area contributed by atoms with E-state index in [0.717, 1.165) is 12.1 Å². The van der Waals surface area contributed by atoms with Crippen LogP contribution >= 0.6 is 0 Å². The highest BCUT2D eigenvalue weighted by Crippen LogP contribution is 2.44. The number of aliphatic hydroxyl groups is 3. The third-order valence-electron chi connectivity index (χ3n) is 5.37. The Morgan fingerprint density at radius 1 is 1.23 bits per heavy atom. The number of nitrogen functional groups attached to an aromatic ring is 1. The number of nitrogens with two attached hydrogens (primary N) is 1. The van der Waals surface area contributed by atoms with Crippen molar-refractivity contribution in [1.82, 2.24) is 14.5 Å².